The SMILES string of the molecule is CC1C2CCCC2CC1C1(C)CCC2CCCC21. The maximum Gasteiger partial charge on any atom is -0.0264 e. The van der Waals surface area contributed by atoms with E-state index in [2.05, 4.69) is 13.8 Å². The van der Waals surface area contributed by atoms with Gasteiger partial charge in [-0.3, -0.25) is 0 Å². The highest BCUT2D eigenvalue weighted by Gasteiger charge is 2.56. The Morgan fingerprint density at radius 2 is 1.61 bits per heavy atom. The minimum atomic E-state index is 0.741. The third kappa shape index (κ3) is 1.44. The highest BCUT2D eigenvalue weighted by molar-refractivity contribution is 5.06. The minimum Gasteiger partial charge on any atom is -0.0619 e. The zero-order chi connectivity index (χ0) is 12.3. The molecule has 0 aliphatic heterocycles. The first-order valence-corrected chi connectivity index (χ1v) is 8.70. The number of fused-ring (bicyclic) bond motifs is 2. The van der Waals surface area contributed by atoms with Crippen molar-refractivity contribution in [1.82, 2.24) is 0 Å². The van der Waals surface area contributed by atoms with Gasteiger partial charge in [-0.15, -0.1) is 0 Å². The normalized spacial score (nSPS) is 59.0. The molecule has 18 heavy (non-hydrogen) atoms. The predicted octanol–water partition coefficient (Wildman–Crippen LogP) is 5.28. The van der Waals surface area contributed by atoms with Crippen LogP contribution in [0.1, 0.15) is 71.6 Å². The van der Waals surface area contributed by atoms with Crippen LogP contribution in [0.4, 0.5) is 0 Å². The lowest BCUT2D eigenvalue weighted by Gasteiger charge is -2.41. The maximum absolute atomic E-state index is 2.70. The lowest BCUT2D eigenvalue weighted by atomic mass is 9.64. The van der Waals surface area contributed by atoms with Gasteiger partial charge < -0.3 is 0 Å². The van der Waals surface area contributed by atoms with E-state index in [4.69, 9.17) is 0 Å². The van der Waals surface area contributed by atoms with Gasteiger partial charge in [0.05, 0.1) is 0 Å². The smallest absolute Gasteiger partial charge is 0.0264 e. The van der Waals surface area contributed by atoms with Crippen molar-refractivity contribution in [3.8, 4) is 0 Å². The van der Waals surface area contributed by atoms with Gasteiger partial charge in [0.15, 0.2) is 0 Å². The molecule has 7 unspecified atom stereocenters. The average Bonchev–Trinajstić information content (AvgIpc) is 3.05. The monoisotopic (exact) mass is 246 g/mol. The first kappa shape index (κ1) is 11.8. The summed E-state index contributed by atoms with van der Waals surface area (Å²) in [7, 11) is 0. The first-order chi connectivity index (χ1) is 8.70. The van der Waals surface area contributed by atoms with Gasteiger partial charge in [0, 0.05) is 0 Å². The average molecular weight is 246 g/mol. The topological polar surface area (TPSA) is 0 Å². The second kappa shape index (κ2) is 4.00. The summed E-state index contributed by atoms with van der Waals surface area (Å²) in [5, 5.41) is 0. The molecule has 4 rings (SSSR count). The van der Waals surface area contributed by atoms with Crippen LogP contribution in [0.3, 0.4) is 0 Å². The molecule has 102 valence electrons. The van der Waals surface area contributed by atoms with Crippen LogP contribution >= 0.6 is 0 Å². The third-order valence-corrected chi connectivity index (χ3v) is 7.99. The Balaban J connectivity index is 1.59. The van der Waals surface area contributed by atoms with Crippen LogP contribution in [0.2, 0.25) is 0 Å². The molecule has 0 radical (unpaired) electrons. The zero-order valence-corrected chi connectivity index (χ0v) is 12.3. The summed E-state index contributed by atoms with van der Waals surface area (Å²) in [5.74, 6) is 6.61. The molecule has 4 aliphatic rings. The number of hydrogen-bond donors (Lipinski definition) is 0. The van der Waals surface area contributed by atoms with Crippen LogP contribution in [0.25, 0.3) is 0 Å². The van der Waals surface area contributed by atoms with E-state index in [1.807, 2.05) is 0 Å². The van der Waals surface area contributed by atoms with E-state index in [-0.39, 0.29) is 0 Å². The number of rotatable bonds is 1. The first-order valence-electron chi connectivity index (χ1n) is 8.70. The molecule has 4 fully saturated rings. The van der Waals surface area contributed by atoms with Crippen LogP contribution in [0, 0.1) is 40.9 Å². The second-order valence-electron chi connectivity index (χ2n) is 8.40. The molecule has 0 N–H and O–H groups in total. The van der Waals surface area contributed by atoms with E-state index in [0.717, 1.165) is 40.9 Å². The van der Waals surface area contributed by atoms with Crippen LogP contribution in [-0.4, -0.2) is 0 Å². The molecule has 0 nitrogen and oxygen atoms in total. The molecule has 4 saturated carbocycles. The fourth-order valence-corrected chi connectivity index (χ4v) is 7.15. The van der Waals surface area contributed by atoms with Crippen molar-refractivity contribution in [2.75, 3.05) is 0 Å². The van der Waals surface area contributed by atoms with Gasteiger partial charge in [0.1, 0.15) is 0 Å². The number of hydrogen-bond acceptors (Lipinski definition) is 0. The molecule has 0 heteroatoms. The molecule has 0 spiro atoms. The third-order valence-electron chi connectivity index (χ3n) is 7.99. The molecule has 0 aromatic heterocycles. The highest BCUT2D eigenvalue weighted by Crippen LogP contribution is 2.65. The Morgan fingerprint density at radius 1 is 0.833 bits per heavy atom. The minimum absolute atomic E-state index is 0.741. The molecule has 0 aromatic carbocycles. The standard InChI is InChI=1S/C18H30/c1-12-15-7-3-6-14(15)11-17(12)18(2)10-9-13-5-4-8-16(13)18/h12-17H,3-11H2,1-2H3. The van der Waals surface area contributed by atoms with E-state index in [0.29, 0.717) is 0 Å². The molecule has 4 aliphatic carbocycles. The van der Waals surface area contributed by atoms with E-state index in [1.165, 1.54) is 6.42 Å². The van der Waals surface area contributed by atoms with Gasteiger partial charge in [0.2, 0.25) is 0 Å². The highest BCUT2D eigenvalue weighted by atomic mass is 14.6. The fourth-order valence-electron chi connectivity index (χ4n) is 7.15. The summed E-state index contributed by atoms with van der Waals surface area (Å²) in [5.41, 5.74) is 0.741. The second-order valence-corrected chi connectivity index (χ2v) is 8.40. The molecule has 0 bridgehead atoms. The molecular formula is C18H30. The zero-order valence-electron chi connectivity index (χ0n) is 12.3. The van der Waals surface area contributed by atoms with Gasteiger partial charge >= 0.3 is 0 Å². The van der Waals surface area contributed by atoms with Crippen LogP contribution < -0.4 is 0 Å². The quantitative estimate of drug-likeness (QED) is 0.591. The van der Waals surface area contributed by atoms with Crippen molar-refractivity contribution in [1.29, 1.82) is 0 Å². The molecule has 0 amide bonds. The Kier molecular flexibility index (Phi) is 2.62. The molecule has 0 heterocycles. The van der Waals surface area contributed by atoms with Crippen molar-refractivity contribution < 1.29 is 0 Å². The van der Waals surface area contributed by atoms with Gasteiger partial charge in [0.25, 0.3) is 0 Å². The van der Waals surface area contributed by atoms with Crippen LogP contribution in [-0.2, 0) is 0 Å². The van der Waals surface area contributed by atoms with E-state index in [1.54, 1.807) is 51.4 Å². The Bertz CT molecular complexity index is 333. The van der Waals surface area contributed by atoms with Gasteiger partial charge in [-0.2, -0.15) is 0 Å². The van der Waals surface area contributed by atoms with Crippen molar-refractivity contribution in [2.24, 2.45) is 40.9 Å². The summed E-state index contributed by atoms with van der Waals surface area (Å²) < 4.78 is 0. The van der Waals surface area contributed by atoms with Crippen molar-refractivity contribution in [3.63, 3.8) is 0 Å². The van der Waals surface area contributed by atoms with Crippen molar-refractivity contribution >= 4 is 0 Å². The van der Waals surface area contributed by atoms with Gasteiger partial charge in [-0.1, -0.05) is 39.5 Å². The molecule has 7 atom stereocenters. The maximum atomic E-state index is 2.70. The Hall–Kier alpha value is 0. The van der Waals surface area contributed by atoms with Crippen molar-refractivity contribution in [3.05, 3.63) is 0 Å². The van der Waals surface area contributed by atoms with Gasteiger partial charge in [-0.05, 0) is 73.0 Å². The fraction of sp³-hybridized carbons (Fsp3) is 1.00. The van der Waals surface area contributed by atoms with E-state index >= 15 is 0 Å². The summed E-state index contributed by atoms with van der Waals surface area (Å²) >= 11 is 0. The lowest BCUT2D eigenvalue weighted by molar-refractivity contribution is 0.0780. The summed E-state index contributed by atoms with van der Waals surface area (Å²) in [6, 6.07) is 0. The van der Waals surface area contributed by atoms with Crippen LogP contribution in [0.5, 0.6) is 0 Å². The molecule has 0 aromatic rings. The van der Waals surface area contributed by atoms with E-state index in [9.17, 15) is 0 Å². The molecular weight excluding hydrogens is 216 g/mol. The largest absolute Gasteiger partial charge is 0.0619 e. The summed E-state index contributed by atoms with van der Waals surface area (Å²) in [6.07, 6.45) is 14.1. The predicted molar refractivity (Wildman–Crippen MR) is 76.3 cm³/mol. The van der Waals surface area contributed by atoms with E-state index < -0.39 is 0 Å². The molecule has 0 saturated heterocycles. The van der Waals surface area contributed by atoms with Crippen LogP contribution in [0.15, 0.2) is 0 Å². The Labute approximate surface area is 113 Å². The lowest BCUT2D eigenvalue weighted by Crippen LogP contribution is -2.34. The van der Waals surface area contributed by atoms with Crippen molar-refractivity contribution in [2.45, 2.75) is 71.6 Å². The summed E-state index contributed by atoms with van der Waals surface area (Å²) in [6.45, 7) is 5.32. The summed E-state index contributed by atoms with van der Waals surface area (Å²) in [4.78, 5) is 0. The Morgan fingerprint density at radius 3 is 2.44 bits per heavy atom. The van der Waals surface area contributed by atoms with Gasteiger partial charge in [-0.25, -0.2) is 0 Å².